The number of alkyl halides is 2. The average Bonchev–Trinajstić information content (AvgIpc) is 1.99. The van der Waals surface area contributed by atoms with Crippen molar-refractivity contribution in [2.45, 2.75) is 25.3 Å². The quantitative estimate of drug-likeness (QED) is 0.530. The highest BCUT2D eigenvalue weighted by Gasteiger charge is 2.06. The maximum Gasteiger partial charge on any atom is 0.149 e. The predicted octanol–water partition coefficient (Wildman–Crippen LogP) is 2.75. The summed E-state index contributed by atoms with van der Waals surface area (Å²) < 4.78 is 0. The second kappa shape index (κ2) is 5.87. The number of hydrogen-bond acceptors (Lipinski definition) is 1. The molecule has 0 saturated carbocycles. The van der Waals surface area contributed by atoms with Crippen LogP contribution in [0.15, 0.2) is 12.2 Å². The maximum atomic E-state index is 8.84. The SMILES string of the molecule is C=C(CCC(C)CCl)C(O)Cl. The Kier molecular flexibility index (Phi) is 6.02. The monoisotopic (exact) mass is 196 g/mol. The van der Waals surface area contributed by atoms with Crippen molar-refractivity contribution in [3.8, 4) is 0 Å². The third-order valence-electron chi connectivity index (χ3n) is 1.56. The minimum Gasteiger partial charge on any atom is -0.374 e. The zero-order valence-electron chi connectivity index (χ0n) is 6.69. The van der Waals surface area contributed by atoms with Gasteiger partial charge < -0.3 is 5.11 Å². The average molecular weight is 197 g/mol. The first-order valence-corrected chi connectivity index (χ1v) is 4.60. The van der Waals surface area contributed by atoms with Crippen LogP contribution in [0.1, 0.15) is 19.8 Å². The Bertz CT molecular complexity index is 123. The molecule has 0 aromatic carbocycles. The minimum atomic E-state index is -0.905. The molecule has 0 aromatic rings. The summed E-state index contributed by atoms with van der Waals surface area (Å²) in [4.78, 5) is 0. The molecule has 0 bridgehead atoms. The Morgan fingerprint density at radius 1 is 1.64 bits per heavy atom. The number of rotatable bonds is 5. The summed E-state index contributed by atoms with van der Waals surface area (Å²) in [5.74, 6) is 1.11. The fourth-order valence-corrected chi connectivity index (χ4v) is 0.891. The molecule has 0 spiro atoms. The van der Waals surface area contributed by atoms with Crippen molar-refractivity contribution in [3.63, 3.8) is 0 Å². The van der Waals surface area contributed by atoms with E-state index in [1.807, 2.05) is 0 Å². The molecule has 0 aliphatic rings. The molecule has 0 aliphatic carbocycles. The van der Waals surface area contributed by atoms with Crippen LogP contribution in [0, 0.1) is 5.92 Å². The summed E-state index contributed by atoms with van der Waals surface area (Å²) in [5, 5.41) is 8.84. The van der Waals surface area contributed by atoms with Crippen LogP contribution in [0.3, 0.4) is 0 Å². The van der Waals surface area contributed by atoms with Gasteiger partial charge in [0.25, 0.3) is 0 Å². The van der Waals surface area contributed by atoms with E-state index in [2.05, 4.69) is 13.5 Å². The molecule has 2 unspecified atom stereocenters. The molecule has 11 heavy (non-hydrogen) atoms. The molecule has 0 saturated heterocycles. The standard InChI is InChI=1S/C8H14Cl2O/c1-6(5-9)3-4-7(2)8(10)11/h6,8,11H,2-5H2,1H3. The second-order valence-electron chi connectivity index (χ2n) is 2.79. The van der Waals surface area contributed by atoms with Crippen molar-refractivity contribution in [1.82, 2.24) is 0 Å². The van der Waals surface area contributed by atoms with Crippen LogP contribution >= 0.6 is 23.2 Å². The van der Waals surface area contributed by atoms with Gasteiger partial charge in [-0.05, 0) is 24.3 Å². The van der Waals surface area contributed by atoms with Crippen LogP contribution in [-0.4, -0.2) is 16.5 Å². The summed E-state index contributed by atoms with van der Waals surface area (Å²) in [6, 6.07) is 0. The number of halogens is 2. The minimum absolute atomic E-state index is 0.462. The van der Waals surface area contributed by atoms with Crippen molar-refractivity contribution in [3.05, 3.63) is 12.2 Å². The van der Waals surface area contributed by atoms with Crippen molar-refractivity contribution in [1.29, 1.82) is 0 Å². The van der Waals surface area contributed by atoms with Gasteiger partial charge in [0.1, 0.15) is 5.56 Å². The number of aliphatic hydroxyl groups excluding tert-OH is 1. The van der Waals surface area contributed by atoms with E-state index in [0.717, 1.165) is 12.8 Å². The highest BCUT2D eigenvalue weighted by molar-refractivity contribution is 6.21. The van der Waals surface area contributed by atoms with Crippen LogP contribution < -0.4 is 0 Å². The molecule has 3 heteroatoms. The van der Waals surface area contributed by atoms with Gasteiger partial charge in [0.2, 0.25) is 0 Å². The van der Waals surface area contributed by atoms with E-state index in [-0.39, 0.29) is 0 Å². The molecule has 66 valence electrons. The molecule has 0 rings (SSSR count). The zero-order valence-corrected chi connectivity index (χ0v) is 8.20. The Balaban J connectivity index is 3.46. The van der Waals surface area contributed by atoms with E-state index in [9.17, 15) is 0 Å². The van der Waals surface area contributed by atoms with E-state index in [0.29, 0.717) is 17.4 Å². The lowest BCUT2D eigenvalue weighted by molar-refractivity contribution is 0.285. The first-order chi connectivity index (χ1) is 5.07. The topological polar surface area (TPSA) is 20.2 Å². The van der Waals surface area contributed by atoms with Gasteiger partial charge in [-0.2, -0.15) is 0 Å². The normalized spacial score (nSPS) is 16.0. The molecule has 0 radical (unpaired) electrons. The summed E-state index contributed by atoms with van der Waals surface area (Å²) in [7, 11) is 0. The molecule has 1 nitrogen and oxygen atoms in total. The van der Waals surface area contributed by atoms with Gasteiger partial charge in [-0.3, -0.25) is 0 Å². The number of hydrogen-bond donors (Lipinski definition) is 1. The van der Waals surface area contributed by atoms with Gasteiger partial charge in [-0.1, -0.05) is 25.1 Å². The summed E-state index contributed by atoms with van der Waals surface area (Å²) >= 11 is 11.0. The van der Waals surface area contributed by atoms with E-state index >= 15 is 0 Å². The Labute approximate surface area is 78.0 Å². The van der Waals surface area contributed by atoms with Crippen molar-refractivity contribution in [2.75, 3.05) is 5.88 Å². The summed E-state index contributed by atoms with van der Waals surface area (Å²) in [6.45, 7) is 5.69. The van der Waals surface area contributed by atoms with Gasteiger partial charge in [0, 0.05) is 5.88 Å². The Morgan fingerprint density at radius 2 is 2.18 bits per heavy atom. The molecule has 0 fully saturated rings. The molecule has 2 atom stereocenters. The largest absolute Gasteiger partial charge is 0.374 e. The van der Waals surface area contributed by atoms with Crippen molar-refractivity contribution < 1.29 is 5.11 Å². The summed E-state index contributed by atoms with van der Waals surface area (Å²) in [5.41, 5.74) is -0.235. The van der Waals surface area contributed by atoms with Crippen LogP contribution in [0.4, 0.5) is 0 Å². The zero-order chi connectivity index (χ0) is 8.85. The fourth-order valence-electron chi connectivity index (χ4n) is 0.628. The molecular weight excluding hydrogens is 183 g/mol. The van der Waals surface area contributed by atoms with Crippen LogP contribution in [0.5, 0.6) is 0 Å². The molecule has 0 aliphatic heterocycles. The van der Waals surface area contributed by atoms with Gasteiger partial charge in [0.05, 0.1) is 0 Å². The maximum absolute atomic E-state index is 8.84. The highest BCUT2D eigenvalue weighted by atomic mass is 35.5. The molecule has 0 amide bonds. The van der Waals surface area contributed by atoms with E-state index in [1.165, 1.54) is 0 Å². The Morgan fingerprint density at radius 3 is 2.55 bits per heavy atom. The predicted molar refractivity (Wildman–Crippen MR) is 50.1 cm³/mol. The van der Waals surface area contributed by atoms with E-state index in [1.54, 1.807) is 0 Å². The van der Waals surface area contributed by atoms with Crippen LogP contribution in [0.25, 0.3) is 0 Å². The van der Waals surface area contributed by atoms with E-state index < -0.39 is 5.56 Å². The first-order valence-electron chi connectivity index (χ1n) is 3.63. The fraction of sp³-hybridized carbons (Fsp3) is 0.750. The van der Waals surface area contributed by atoms with Crippen LogP contribution in [-0.2, 0) is 0 Å². The lowest BCUT2D eigenvalue weighted by Gasteiger charge is -2.09. The van der Waals surface area contributed by atoms with E-state index in [4.69, 9.17) is 28.3 Å². The highest BCUT2D eigenvalue weighted by Crippen LogP contribution is 2.16. The first kappa shape index (κ1) is 11.3. The molecule has 0 heterocycles. The van der Waals surface area contributed by atoms with Crippen LogP contribution in [0.2, 0.25) is 0 Å². The molecule has 1 N–H and O–H groups in total. The third-order valence-corrected chi connectivity index (χ3v) is 2.39. The van der Waals surface area contributed by atoms with Gasteiger partial charge in [-0.25, -0.2) is 0 Å². The lowest BCUT2D eigenvalue weighted by Crippen LogP contribution is -2.03. The number of aliphatic hydroxyl groups is 1. The molecule has 0 aromatic heterocycles. The summed E-state index contributed by atoms with van der Waals surface area (Å²) in [6.07, 6.45) is 1.69. The van der Waals surface area contributed by atoms with Crippen molar-refractivity contribution >= 4 is 23.2 Å². The van der Waals surface area contributed by atoms with Gasteiger partial charge in [-0.15, -0.1) is 11.6 Å². The van der Waals surface area contributed by atoms with Gasteiger partial charge >= 0.3 is 0 Å². The van der Waals surface area contributed by atoms with Gasteiger partial charge in [0.15, 0.2) is 0 Å². The lowest BCUT2D eigenvalue weighted by atomic mass is 10.0. The third kappa shape index (κ3) is 5.54. The van der Waals surface area contributed by atoms with Crippen molar-refractivity contribution in [2.24, 2.45) is 5.92 Å². The molecular formula is C8H14Cl2O. The second-order valence-corrected chi connectivity index (χ2v) is 3.51. The Hall–Kier alpha value is 0.280. The smallest absolute Gasteiger partial charge is 0.149 e.